The van der Waals surface area contributed by atoms with Crippen molar-refractivity contribution in [3.8, 4) is 16.9 Å². The van der Waals surface area contributed by atoms with Crippen LogP contribution in [0.1, 0.15) is 60.8 Å². The Kier molecular flexibility index (Phi) is 7.58. The van der Waals surface area contributed by atoms with E-state index in [1.54, 1.807) is 43.6 Å². The second kappa shape index (κ2) is 11.5. The number of benzene rings is 2. The molecule has 6 rings (SSSR count). The summed E-state index contributed by atoms with van der Waals surface area (Å²) in [5.74, 6) is -0.187. The molecule has 12 heteroatoms. The van der Waals surface area contributed by atoms with Crippen LogP contribution in [0.15, 0.2) is 66.7 Å². The van der Waals surface area contributed by atoms with Crippen molar-refractivity contribution in [3.05, 3.63) is 83.5 Å². The molecule has 0 aliphatic carbocycles. The smallest absolute Gasteiger partial charge is 0.269 e. The van der Waals surface area contributed by atoms with Gasteiger partial charge in [0.15, 0.2) is 5.69 Å². The molecule has 0 saturated carbocycles. The number of carbonyl (C=O) groups is 3. The van der Waals surface area contributed by atoms with Crippen LogP contribution in [0.5, 0.6) is 5.75 Å². The van der Waals surface area contributed by atoms with Crippen molar-refractivity contribution in [3.63, 3.8) is 0 Å². The molecule has 44 heavy (non-hydrogen) atoms. The zero-order valence-electron chi connectivity index (χ0n) is 24.5. The lowest BCUT2D eigenvalue weighted by molar-refractivity contribution is -0.139. The van der Waals surface area contributed by atoms with Crippen LogP contribution in [-0.4, -0.2) is 61.4 Å². The van der Waals surface area contributed by atoms with Gasteiger partial charge in [-0.1, -0.05) is 26.0 Å². The molecule has 4 heterocycles. The Hall–Kier alpha value is -5.13. The summed E-state index contributed by atoms with van der Waals surface area (Å²) in [4.78, 5) is 40.7. The topological polar surface area (TPSA) is 145 Å². The van der Waals surface area contributed by atoms with E-state index in [0.717, 1.165) is 22.3 Å². The molecule has 0 radical (unpaired) electrons. The first-order valence-electron chi connectivity index (χ1n) is 14.4. The number of likely N-dealkylation sites (tertiary alicyclic amines) is 1. The monoisotopic (exact) mass is 597 g/mol. The number of hydrogen-bond acceptors (Lipinski definition) is 7. The minimum absolute atomic E-state index is 0.00291. The van der Waals surface area contributed by atoms with E-state index in [9.17, 15) is 18.8 Å². The number of halogens is 1. The lowest BCUT2D eigenvalue weighted by atomic mass is 9.95. The zero-order valence-corrected chi connectivity index (χ0v) is 24.5. The van der Waals surface area contributed by atoms with Gasteiger partial charge < -0.3 is 20.7 Å². The maximum absolute atomic E-state index is 14.8. The van der Waals surface area contributed by atoms with Gasteiger partial charge in [-0.25, -0.2) is 4.39 Å². The van der Waals surface area contributed by atoms with Gasteiger partial charge in [-0.05, 0) is 60.4 Å². The van der Waals surface area contributed by atoms with Gasteiger partial charge in [0.1, 0.15) is 24.5 Å². The van der Waals surface area contributed by atoms with Crippen LogP contribution in [0, 0.1) is 0 Å². The molecule has 4 aromatic rings. The fraction of sp³-hybridized carbons (Fsp3) is 0.312. The highest BCUT2D eigenvalue weighted by Gasteiger charge is 2.41. The first-order chi connectivity index (χ1) is 21.1. The van der Waals surface area contributed by atoms with Crippen molar-refractivity contribution < 1.29 is 23.5 Å². The van der Waals surface area contributed by atoms with Crippen molar-refractivity contribution in [2.75, 3.05) is 6.54 Å². The number of alkyl halides is 1. The number of primary amides is 1. The fourth-order valence-electron chi connectivity index (χ4n) is 5.81. The van der Waals surface area contributed by atoms with E-state index in [4.69, 9.17) is 10.5 Å². The van der Waals surface area contributed by atoms with Crippen molar-refractivity contribution in [1.29, 1.82) is 0 Å². The van der Waals surface area contributed by atoms with E-state index in [0.29, 0.717) is 22.4 Å². The predicted octanol–water partition coefficient (Wildman–Crippen LogP) is 3.81. The number of aromatic nitrogens is 4. The van der Waals surface area contributed by atoms with E-state index < -0.39 is 36.0 Å². The van der Waals surface area contributed by atoms with Crippen LogP contribution < -0.4 is 15.8 Å². The molecule has 3 amide bonds. The van der Waals surface area contributed by atoms with Gasteiger partial charge in [-0.3, -0.25) is 19.1 Å². The van der Waals surface area contributed by atoms with Gasteiger partial charge >= 0.3 is 0 Å². The minimum Gasteiger partial charge on any atom is -0.462 e. The molecular weight excluding hydrogens is 565 g/mol. The Morgan fingerprint density at radius 2 is 1.93 bits per heavy atom. The van der Waals surface area contributed by atoms with Gasteiger partial charge in [0, 0.05) is 22.9 Å². The summed E-state index contributed by atoms with van der Waals surface area (Å²) in [7, 11) is 0. The number of nitrogens with zero attached hydrogens (tertiary/aromatic N) is 5. The number of nitrogens with one attached hydrogen (secondary N) is 1. The lowest BCUT2D eigenvalue weighted by Gasteiger charge is -2.29. The largest absolute Gasteiger partial charge is 0.462 e. The molecular formula is C32H32FN7O4. The number of ether oxygens (including phenoxy) is 1. The molecule has 3 unspecified atom stereocenters. The van der Waals surface area contributed by atoms with Crippen LogP contribution in [0.2, 0.25) is 0 Å². The molecule has 0 spiro atoms. The van der Waals surface area contributed by atoms with Gasteiger partial charge in [0.05, 0.1) is 36.3 Å². The summed E-state index contributed by atoms with van der Waals surface area (Å²) in [5.41, 5.74) is 9.54. The molecule has 2 aromatic heterocycles. The molecule has 3 atom stereocenters. The zero-order chi connectivity index (χ0) is 31.1. The Morgan fingerprint density at radius 3 is 2.66 bits per heavy atom. The highest BCUT2D eigenvalue weighted by molar-refractivity contribution is 6.05. The summed E-state index contributed by atoms with van der Waals surface area (Å²) in [5, 5.41) is 15.5. The highest BCUT2D eigenvalue weighted by atomic mass is 19.1. The van der Waals surface area contributed by atoms with E-state index in [-0.39, 0.29) is 31.1 Å². The molecule has 2 aliphatic rings. The van der Waals surface area contributed by atoms with E-state index in [1.807, 2.05) is 24.3 Å². The second-order valence-corrected chi connectivity index (χ2v) is 11.4. The van der Waals surface area contributed by atoms with Gasteiger partial charge in [-0.15, -0.1) is 0 Å². The normalized spacial score (nSPS) is 19.4. The Labute approximate surface area is 252 Å². The summed E-state index contributed by atoms with van der Waals surface area (Å²) in [6.07, 6.45) is 3.45. The van der Waals surface area contributed by atoms with Crippen molar-refractivity contribution in [1.82, 2.24) is 30.2 Å². The van der Waals surface area contributed by atoms with Crippen molar-refractivity contribution in [2.45, 2.75) is 57.9 Å². The van der Waals surface area contributed by atoms with Crippen LogP contribution in [0.3, 0.4) is 0 Å². The minimum atomic E-state index is -1.37. The summed E-state index contributed by atoms with van der Waals surface area (Å²) in [6, 6.07) is 11.4. The fourth-order valence-corrected chi connectivity index (χ4v) is 5.81. The maximum Gasteiger partial charge on any atom is 0.269 e. The third kappa shape index (κ3) is 5.50. The average Bonchev–Trinajstić information content (AvgIpc) is 3.57. The number of hydrogen-bond donors (Lipinski definition) is 2. The number of amides is 3. The van der Waals surface area contributed by atoms with Gasteiger partial charge in [-0.2, -0.15) is 15.3 Å². The van der Waals surface area contributed by atoms with Crippen molar-refractivity contribution >= 4 is 28.6 Å². The Balaban J connectivity index is 1.25. The lowest BCUT2D eigenvalue weighted by Crippen LogP contribution is -2.47. The van der Waals surface area contributed by atoms with Crippen LogP contribution >= 0.6 is 0 Å². The quantitative estimate of drug-likeness (QED) is 0.330. The summed E-state index contributed by atoms with van der Waals surface area (Å²) in [6.45, 7) is 5.42. The third-order valence-corrected chi connectivity index (χ3v) is 8.07. The first kappa shape index (κ1) is 29.0. The molecule has 2 aliphatic heterocycles. The van der Waals surface area contributed by atoms with Gasteiger partial charge in [0.2, 0.25) is 11.8 Å². The Morgan fingerprint density at radius 1 is 1.11 bits per heavy atom. The SMILES string of the molecule is CC1=CC(NC(=O)C2CC(F)CN2C(=O)Cn2nc(C(N)=O)c3cc(-c4ccnnc4)ccc32)c2cc(C(C)C)ccc2O1. The standard InChI is InChI=1S/C32H32FN7O4/c1-17(2)19-5-7-28-23(11-19)25(10-18(3)44-28)37-32(43)27-13-22(33)15-39(27)29(41)16-40-26-6-4-20(21-8-9-35-36-14-21)12-24(26)30(38-40)31(34)42/h4-12,14,17,22,25,27H,13,15-16H2,1-3H3,(H2,34,42)(H,37,43). The van der Waals surface area contributed by atoms with Crippen LogP contribution in [-0.2, 0) is 16.1 Å². The van der Waals surface area contributed by atoms with E-state index >= 15 is 0 Å². The predicted molar refractivity (Wildman–Crippen MR) is 160 cm³/mol. The second-order valence-electron chi connectivity index (χ2n) is 11.4. The maximum atomic E-state index is 14.8. The summed E-state index contributed by atoms with van der Waals surface area (Å²) >= 11 is 0. The van der Waals surface area contributed by atoms with Crippen LogP contribution in [0.4, 0.5) is 4.39 Å². The molecule has 2 aromatic carbocycles. The van der Waals surface area contributed by atoms with Crippen molar-refractivity contribution in [2.24, 2.45) is 5.73 Å². The molecule has 11 nitrogen and oxygen atoms in total. The molecule has 3 N–H and O–H groups in total. The summed E-state index contributed by atoms with van der Waals surface area (Å²) < 4.78 is 22.0. The number of nitrogens with two attached hydrogens (primary N) is 1. The average molecular weight is 598 g/mol. The van der Waals surface area contributed by atoms with E-state index in [1.165, 1.54) is 9.58 Å². The third-order valence-electron chi connectivity index (χ3n) is 8.07. The number of fused-ring (bicyclic) bond motifs is 2. The Bertz CT molecular complexity index is 1800. The molecule has 1 fully saturated rings. The molecule has 226 valence electrons. The number of allylic oxidation sites excluding steroid dienone is 1. The van der Waals surface area contributed by atoms with Crippen LogP contribution in [0.25, 0.3) is 22.0 Å². The van der Waals surface area contributed by atoms with Gasteiger partial charge in [0.25, 0.3) is 5.91 Å². The molecule has 1 saturated heterocycles. The number of carbonyl (C=O) groups excluding carboxylic acids is 3. The molecule has 0 bridgehead atoms. The first-order valence-corrected chi connectivity index (χ1v) is 14.4. The highest BCUT2D eigenvalue weighted by Crippen LogP contribution is 2.36. The van der Waals surface area contributed by atoms with E-state index in [2.05, 4.69) is 34.5 Å². The number of rotatable bonds is 7.